The van der Waals surface area contributed by atoms with Crippen molar-refractivity contribution in [2.24, 2.45) is 11.5 Å². The number of hydrogen-bond acceptors (Lipinski definition) is 3. The first kappa shape index (κ1) is 11.6. The van der Waals surface area contributed by atoms with Gasteiger partial charge in [0, 0.05) is 0 Å². The maximum Gasteiger partial charge on any atom is 0.0991 e. The molecule has 58 valence electrons. The minimum Gasteiger partial charge on any atom is -0.379 e. The lowest BCUT2D eigenvalue weighted by molar-refractivity contribution is 0.203. The van der Waals surface area contributed by atoms with Gasteiger partial charge in [0.15, 0.2) is 0 Å². The fourth-order valence-corrected chi connectivity index (χ4v) is 0.204. The van der Waals surface area contributed by atoms with Crippen molar-refractivity contribution in [3.05, 3.63) is 0 Å². The zero-order chi connectivity index (χ0) is 7.70. The molecule has 0 saturated heterocycles. The van der Waals surface area contributed by atoms with Crippen LogP contribution in [0.25, 0.3) is 0 Å². The summed E-state index contributed by atoms with van der Waals surface area (Å²) in [5.74, 6) is 0. The third-order valence-corrected chi connectivity index (χ3v) is 0.558. The van der Waals surface area contributed by atoms with E-state index in [4.69, 9.17) is 10.8 Å². The molecule has 3 nitrogen and oxygen atoms in total. The van der Waals surface area contributed by atoms with Gasteiger partial charge in [-0.3, -0.25) is 0 Å². The topological polar surface area (TPSA) is 72.3 Å². The average Bonchev–Trinajstić information content (AvgIpc) is 1.66. The van der Waals surface area contributed by atoms with Crippen molar-refractivity contribution in [3.8, 4) is 0 Å². The van der Waals surface area contributed by atoms with Crippen LogP contribution in [-0.4, -0.2) is 17.9 Å². The molecule has 0 aliphatic heterocycles. The van der Waals surface area contributed by atoms with Crippen molar-refractivity contribution in [2.75, 3.05) is 6.54 Å². The molecule has 0 saturated carbocycles. The molecule has 0 spiro atoms. The maximum absolute atomic E-state index is 7.83. The summed E-state index contributed by atoms with van der Waals surface area (Å²) < 4.78 is 0. The molecule has 0 heterocycles. The third-order valence-electron chi connectivity index (χ3n) is 0.558. The Labute approximate surface area is 57.0 Å². The van der Waals surface area contributed by atoms with Gasteiger partial charge in [0.25, 0.3) is 0 Å². The minimum absolute atomic E-state index is 0.667. The predicted octanol–water partition coefficient (Wildman–Crippen LogP) is 0.0286. The van der Waals surface area contributed by atoms with Crippen LogP contribution < -0.4 is 11.5 Å². The van der Waals surface area contributed by atoms with E-state index in [9.17, 15) is 0 Å². The fraction of sp³-hybridized carbons (Fsp3) is 1.00. The van der Waals surface area contributed by atoms with Crippen LogP contribution in [0.15, 0.2) is 0 Å². The summed E-state index contributed by atoms with van der Waals surface area (Å²) >= 11 is 0. The van der Waals surface area contributed by atoms with Crippen LogP contribution in [0.4, 0.5) is 0 Å². The summed E-state index contributed by atoms with van der Waals surface area (Å²) in [6.45, 7) is 4.48. The molecule has 0 aromatic carbocycles. The SMILES string of the molecule is CC(N)O.CCCCN. The van der Waals surface area contributed by atoms with Crippen LogP contribution in [0, 0.1) is 0 Å². The van der Waals surface area contributed by atoms with Gasteiger partial charge < -0.3 is 16.6 Å². The Balaban J connectivity index is 0. The Morgan fingerprint density at radius 1 is 1.56 bits per heavy atom. The van der Waals surface area contributed by atoms with Crippen LogP contribution in [-0.2, 0) is 0 Å². The summed E-state index contributed by atoms with van der Waals surface area (Å²) in [6.07, 6.45) is 1.72. The third kappa shape index (κ3) is 77.1. The van der Waals surface area contributed by atoms with E-state index < -0.39 is 6.23 Å². The summed E-state index contributed by atoms with van der Waals surface area (Å²) in [6, 6.07) is 0. The Morgan fingerprint density at radius 2 is 1.89 bits per heavy atom. The van der Waals surface area contributed by atoms with Crippen molar-refractivity contribution < 1.29 is 5.11 Å². The molecule has 3 heteroatoms. The smallest absolute Gasteiger partial charge is 0.0991 e. The van der Waals surface area contributed by atoms with Crippen LogP contribution in [0.1, 0.15) is 26.7 Å². The van der Waals surface area contributed by atoms with Crippen molar-refractivity contribution in [3.63, 3.8) is 0 Å². The molecule has 0 aromatic heterocycles. The second-order valence-corrected chi connectivity index (χ2v) is 1.88. The first-order valence-corrected chi connectivity index (χ1v) is 3.28. The van der Waals surface area contributed by atoms with Crippen LogP contribution in [0.5, 0.6) is 0 Å². The molecule has 1 unspecified atom stereocenters. The van der Waals surface area contributed by atoms with E-state index >= 15 is 0 Å². The van der Waals surface area contributed by atoms with E-state index in [1.54, 1.807) is 0 Å². The largest absolute Gasteiger partial charge is 0.379 e. The lowest BCUT2D eigenvalue weighted by Crippen LogP contribution is -2.11. The molecule has 0 aliphatic rings. The summed E-state index contributed by atoms with van der Waals surface area (Å²) in [4.78, 5) is 0. The Bertz CT molecular complexity index is 35.3. The van der Waals surface area contributed by atoms with Gasteiger partial charge in [-0.2, -0.15) is 0 Å². The lowest BCUT2D eigenvalue weighted by atomic mass is 10.3. The van der Waals surface area contributed by atoms with Crippen molar-refractivity contribution in [1.29, 1.82) is 0 Å². The van der Waals surface area contributed by atoms with Gasteiger partial charge in [-0.05, 0) is 19.9 Å². The van der Waals surface area contributed by atoms with Crippen molar-refractivity contribution in [1.82, 2.24) is 0 Å². The molecule has 9 heavy (non-hydrogen) atoms. The molecular weight excluding hydrogens is 116 g/mol. The van der Waals surface area contributed by atoms with Gasteiger partial charge in [0.05, 0.1) is 6.23 Å². The molecule has 1 atom stereocenters. The number of nitrogens with two attached hydrogens (primary N) is 2. The number of hydrogen-bond donors (Lipinski definition) is 3. The monoisotopic (exact) mass is 134 g/mol. The molecule has 0 amide bonds. The van der Waals surface area contributed by atoms with Gasteiger partial charge in [-0.15, -0.1) is 0 Å². The number of unbranched alkanes of at least 4 members (excludes halogenated alkanes) is 1. The molecule has 0 aromatic rings. The number of aliphatic hydroxyl groups is 1. The number of aliphatic hydroxyl groups excluding tert-OH is 1. The average molecular weight is 134 g/mol. The zero-order valence-electron chi connectivity index (χ0n) is 6.30. The Morgan fingerprint density at radius 3 is 1.89 bits per heavy atom. The van der Waals surface area contributed by atoms with E-state index in [-0.39, 0.29) is 0 Å². The second kappa shape index (κ2) is 10.8. The highest BCUT2D eigenvalue weighted by Crippen LogP contribution is 1.77. The highest BCUT2D eigenvalue weighted by atomic mass is 16.3. The standard InChI is InChI=1S/C4H11N.C2H7NO/c1-2-3-4-5;1-2(3)4/h2-5H2,1H3;2,4H,3H2,1H3. The predicted molar refractivity (Wildman–Crippen MR) is 39.8 cm³/mol. The van der Waals surface area contributed by atoms with E-state index in [0.717, 1.165) is 6.54 Å². The maximum atomic E-state index is 7.83. The van der Waals surface area contributed by atoms with Gasteiger partial charge in [-0.1, -0.05) is 13.3 Å². The molecule has 5 N–H and O–H groups in total. The highest BCUT2D eigenvalue weighted by Gasteiger charge is 1.68. The van der Waals surface area contributed by atoms with Crippen molar-refractivity contribution in [2.45, 2.75) is 32.9 Å². The molecule has 0 rings (SSSR count). The van der Waals surface area contributed by atoms with E-state index in [2.05, 4.69) is 12.7 Å². The van der Waals surface area contributed by atoms with Crippen LogP contribution in [0.3, 0.4) is 0 Å². The zero-order valence-corrected chi connectivity index (χ0v) is 6.30. The molecule has 0 bridgehead atoms. The van der Waals surface area contributed by atoms with Crippen molar-refractivity contribution >= 4 is 0 Å². The summed E-state index contributed by atoms with van der Waals surface area (Å²) in [7, 11) is 0. The molecule has 0 fully saturated rings. The normalized spacial score (nSPS) is 11.7. The van der Waals surface area contributed by atoms with Gasteiger partial charge in [0.1, 0.15) is 0 Å². The number of rotatable bonds is 2. The summed E-state index contributed by atoms with van der Waals surface area (Å²) in [5.41, 5.74) is 9.81. The minimum atomic E-state index is -0.667. The lowest BCUT2D eigenvalue weighted by Gasteiger charge is -1.82. The van der Waals surface area contributed by atoms with Gasteiger partial charge in [0.2, 0.25) is 0 Å². The van der Waals surface area contributed by atoms with Crippen LogP contribution >= 0.6 is 0 Å². The fourth-order valence-electron chi connectivity index (χ4n) is 0.204. The summed E-state index contributed by atoms with van der Waals surface area (Å²) in [5, 5.41) is 7.83. The van der Waals surface area contributed by atoms with Crippen LogP contribution in [0.2, 0.25) is 0 Å². The van der Waals surface area contributed by atoms with E-state index in [1.165, 1.54) is 19.8 Å². The first-order valence-electron chi connectivity index (χ1n) is 3.28. The van der Waals surface area contributed by atoms with E-state index in [0.29, 0.717) is 0 Å². The second-order valence-electron chi connectivity index (χ2n) is 1.88. The first-order chi connectivity index (χ1) is 4.15. The molecule has 0 radical (unpaired) electrons. The quantitative estimate of drug-likeness (QED) is 0.466. The van der Waals surface area contributed by atoms with Gasteiger partial charge >= 0.3 is 0 Å². The molecular formula is C6H18N2O. The highest BCUT2D eigenvalue weighted by molar-refractivity contribution is 4.29. The molecule has 0 aliphatic carbocycles. The Kier molecular flexibility index (Phi) is 14.0. The van der Waals surface area contributed by atoms with E-state index in [1.807, 2.05) is 0 Å². The Hall–Kier alpha value is -0.120. The van der Waals surface area contributed by atoms with Gasteiger partial charge in [-0.25, -0.2) is 0 Å².